The topological polar surface area (TPSA) is 129 Å². The molecule has 0 unspecified atom stereocenters. The number of nitrogens with one attached hydrogen (secondary N) is 1. The van der Waals surface area contributed by atoms with Crippen LogP contribution in [0.25, 0.3) is 0 Å². The summed E-state index contributed by atoms with van der Waals surface area (Å²) in [5.74, 6) is 2.40. The smallest absolute Gasteiger partial charge is 0.260 e. The Hall–Kier alpha value is -4.14. The van der Waals surface area contributed by atoms with E-state index in [0.29, 0.717) is 61.3 Å². The molecule has 1 aromatic carbocycles. The van der Waals surface area contributed by atoms with Crippen LogP contribution in [0, 0.1) is 17.2 Å². The number of likely N-dealkylation sites (tertiary alicyclic amines) is 1. The average Bonchev–Trinajstić information content (AvgIpc) is 3.52. The lowest BCUT2D eigenvalue weighted by molar-refractivity contribution is -0.0611. The quantitative estimate of drug-likeness (QED) is 0.289. The first kappa shape index (κ1) is 28.0. The molecule has 42 heavy (non-hydrogen) atoms. The number of fused-ring (bicyclic) bond motifs is 1. The average molecular weight is 569 g/mol. The van der Waals surface area contributed by atoms with Crippen LogP contribution in [0.5, 0.6) is 0 Å². The molecule has 0 bridgehead atoms. The second-order valence-corrected chi connectivity index (χ2v) is 11.9. The van der Waals surface area contributed by atoms with Gasteiger partial charge >= 0.3 is 0 Å². The third-order valence-electron chi connectivity index (χ3n) is 8.71. The molecule has 2 fully saturated rings. The highest BCUT2D eigenvalue weighted by atomic mass is 16.5. The first-order chi connectivity index (χ1) is 20.4. The van der Waals surface area contributed by atoms with E-state index < -0.39 is 0 Å². The summed E-state index contributed by atoms with van der Waals surface area (Å²) in [6.07, 6.45) is 5.88. The van der Waals surface area contributed by atoms with Gasteiger partial charge < -0.3 is 14.6 Å². The molecule has 218 valence electrons. The Labute approximate surface area is 245 Å². The molecule has 3 aromatic rings. The number of rotatable bonds is 10. The first-order valence-electron chi connectivity index (χ1n) is 14.6. The van der Waals surface area contributed by atoms with Crippen molar-refractivity contribution in [2.24, 2.45) is 13.0 Å². The van der Waals surface area contributed by atoms with Gasteiger partial charge in [-0.3, -0.25) is 19.4 Å². The van der Waals surface area contributed by atoms with Gasteiger partial charge in [0, 0.05) is 49.6 Å². The van der Waals surface area contributed by atoms with Gasteiger partial charge in [-0.05, 0) is 66.3 Å². The molecule has 6 rings (SSSR count). The molecule has 5 heterocycles. The molecule has 3 aliphatic rings. The largest absolute Gasteiger partial charge is 0.379 e. The van der Waals surface area contributed by atoms with Crippen molar-refractivity contribution in [1.29, 1.82) is 5.26 Å². The number of aryl methyl sites for hydroxylation is 1. The van der Waals surface area contributed by atoms with Crippen molar-refractivity contribution in [2.45, 2.75) is 51.1 Å². The molecular formula is C31H36N8O3. The van der Waals surface area contributed by atoms with Crippen LogP contribution in [-0.2, 0) is 36.7 Å². The zero-order valence-electron chi connectivity index (χ0n) is 24.2. The van der Waals surface area contributed by atoms with Crippen LogP contribution in [-0.4, -0.2) is 69.7 Å². The number of pyridine rings is 1. The fourth-order valence-corrected chi connectivity index (χ4v) is 6.36. The molecule has 2 saturated heterocycles. The standard InChI is InChI=1S/C31H36N8O3/c1-21-5-3-8-38(14-21)15-22-9-23(17-40)26-16-39(30(41)25(26)10-22)28-12-24(11-27(35-28)33-7-4-6-32)31(18-42-19-31)13-29-36-34-20-37(29)2/h9-12,17,20-21H,3-5,7-8,13-16,18-19H2,1-2H3,(H,33,35)/t21-/m0/s1. The van der Waals surface area contributed by atoms with Crippen LogP contribution in [0.2, 0.25) is 0 Å². The lowest BCUT2D eigenvalue weighted by Crippen LogP contribution is -2.49. The Morgan fingerprint density at radius 2 is 2.12 bits per heavy atom. The number of carbonyl (C=O) groups excluding carboxylic acids is 2. The Morgan fingerprint density at radius 3 is 2.81 bits per heavy atom. The van der Waals surface area contributed by atoms with E-state index in [1.54, 1.807) is 11.2 Å². The van der Waals surface area contributed by atoms with Crippen molar-refractivity contribution in [3.63, 3.8) is 0 Å². The normalized spacial score (nSPS) is 19.7. The fourth-order valence-electron chi connectivity index (χ4n) is 6.36. The molecule has 1 amide bonds. The molecule has 0 saturated carbocycles. The summed E-state index contributed by atoms with van der Waals surface area (Å²) in [5.41, 5.74) is 3.45. The molecule has 1 N–H and O–H groups in total. The van der Waals surface area contributed by atoms with Crippen molar-refractivity contribution < 1.29 is 14.3 Å². The summed E-state index contributed by atoms with van der Waals surface area (Å²) in [5, 5.41) is 20.6. The number of carbonyl (C=O) groups is 2. The van der Waals surface area contributed by atoms with Crippen LogP contribution < -0.4 is 10.2 Å². The van der Waals surface area contributed by atoms with Crippen LogP contribution in [0.15, 0.2) is 30.6 Å². The molecule has 0 radical (unpaired) electrons. The van der Waals surface area contributed by atoms with E-state index in [2.05, 4.69) is 33.4 Å². The van der Waals surface area contributed by atoms with Gasteiger partial charge in [-0.15, -0.1) is 10.2 Å². The molecule has 11 heteroatoms. The maximum Gasteiger partial charge on any atom is 0.260 e. The maximum atomic E-state index is 13.9. The number of aldehydes is 1. The zero-order valence-corrected chi connectivity index (χ0v) is 24.2. The maximum absolute atomic E-state index is 13.9. The molecule has 0 aliphatic carbocycles. The van der Waals surface area contributed by atoms with Crippen LogP contribution in [0.4, 0.5) is 11.6 Å². The predicted molar refractivity (Wildman–Crippen MR) is 156 cm³/mol. The number of nitriles is 1. The number of hydrogen-bond donors (Lipinski definition) is 1. The number of piperidine rings is 1. The Kier molecular flexibility index (Phi) is 7.75. The van der Waals surface area contributed by atoms with Crippen molar-refractivity contribution in [2.75, 3.05) is 43.1 Å². The van der Waals surface area contributed by atoms with Gasteiger partial charge in [-0.25, -0.2) is 4.98 Å². The highest BCUT2D eigenvalue weighted by Crippen LogP contribution is 2.39. The van der Waals surface area contributed by atoms with Crippen molar-refractivity contribution >= 4 is 23.8 Å². The van der Waals surface area contributed by atoms with Crippen LogP contribution in [0.1, 0.15) is 69.4 Å². The minimum absolute atomic E-state index is 0.165. The van der Waals surface area contributed by atoms with Gasteiger partial charge in [0.2, 0.25) is 0 Å². The van der Waals surface area contributed by atoms with Gasteiger partial charge in [0.25, 0.3) is 5.91 Å². The van der Waals surface area contributed by atoms with Gasteiger partial charge in [0.1, 0.15) is 30.1 Å². The summed E-state index contributed by atoms with van der Waals surface area (Å²) >= 11 is 0. The summed E-state index contributed by atoms with van der Waals surface area (Å²) in [6.45, 7) is 6.74. The number of aromatic nitrogens is 4. The lowest BCUT2D eigenvalue weighted by atomic mass is 9.75. The second-order valence-electron chi connectivity index (χ2n) is 11.9. The van der Waals surface area contributed by atoms with E-state index in [9.17, 15) is 9.59 Å². The molecule has 2 aromatic heterocycles. The molecule has 0 spiro atoms. The number of amides is 1. The van der Waals surface area contributed by atoms with E-state index >= 15 is 0 Å². The van der Waals surface area contributed by atoms with Crippen LogP contribution >= 0.6 is 0 Å². The van der Waals surface area contributed by atoms with Gasteiger partial charge in [0.15, 0.2) is 0 Å². The fraction of sp³-hybridized carbons (Fsp3) is 0.484. The van der Waals surface area contributed by atoms with Gasteiger partial charge in [-0.2, -0.15) is 5.26 Å². The van der Waals surface area contributed by atoms with E-state index in [4.69, 9.17) is 15.0 Å². The highest BCUT2D eigenvalue weighted by Gasteiger charge is 2.43. The number of ether oxygens (including phenoxy) is 1. The third kappa shape index (κ3) is 5.40. The van der Waals surface area contributed by atoms with E-state index in [1.807, 2.05) is 35.9 Å². The minimum atomic E-state index is -0.355. The minimum Gasteiger partial charge on any atom is -0.379 e. The van der Waals surface area contributed by atoms with E-state index in [0.717, 1.165) is 54.9 Å². The molecular weight excluding hydrogens is 532 g/mol. The monoisotopic (exact) mass is 568 g/mol. The zero-order chi connectivity index (χ0) is 29.3. The highest BCUT2D eigenvalue weighted by molar-refractivity contribution is 6.11. The van der Waals surface area contributed by atoms with E-state index in [1.165, 1.54) is 6.42 Å². The summed E-state index contributed by atoms with van der Waals surface area (Å²) in [7, 11) is 1.92. The summed E-state index contributed by atoms with van der Waals surface area (Å²) in [6, 6.07) is 9.96. The molecule has 11 nitrogen and oxygen atoms in total. The number of anilines is 2. The summed E-state index contributed by atoms with van der Waals surface area (Å²) < 4.78 is 7.61. The summed E-state index contributed by atoms with van der Waals surface area (Å²) in [4.78, 5) is 35.0. The number of benzene rings is 1. The van der Waals surface area contributed by atoms with Crippen LogP contribution in [0.3, 0.4) is 0 Å². The Morgan fingerprint density at radius 1 is 1.26 bits per heavy atom. The first-order valence-corrected chi connectivity index (χ1v) is 14.6. The molecule has 3 aliphatic heterocycles. The number of hydrogen-bond acceptors (Lipinski definition) is 9. The van der Waals surface area contributed by atoms with Crippen molar-refractivity contribution in [3.8, 4) is 6.07 Å². The van der Waals surface area contributed by atoms with Crippen molar-refractivity contribution in [3.05, 3.63) is 64.2 Å². The number of nitrogens with zero attached hydrogens (tertiary/aromatic N) is 7. The SMILES string of the molecule is C[C@H]1CCCN(Cc2cc(C=O)c3c(c2)C(=O)N(c2cc(C4(Cc5nncn5C)COC4)cc(NCCC#N)n2)C3)C1. The molecule has 1 atom stereocenters. The Balaban J connectivity index is 1.33. The van der Waals surface area contributed by atoms with Crippen molar-refractivity contribution in [1.82, 2.24) is 24.6 Å². The second kappa shape index (κ2) is 11.6. The predicted octanol–water partition coefficient (Wildman–Crippen LogP) is 3.25. The van der Waals surface area contributed by atoms with Gasteiger partial charge in [0.05, 0.1) is 32.2 Å². The third-order valence-corrected chi connectivity index (χ3v) is 8.71. The van der Waals surface area contributed by atoms with E-state index in [-0.39, 0.29) is 17.9 Å². The Bertz CT molecular complexity index is 1540. The van der Waals surface area contributed by atoms with Gasteiger partial charge in [-0.1, -0.05) is 6.92 Å². The lowest BCUT2D eigenvalue weighted by Gasteiger charge is -2.42.